The Hall–Kier alpha value is -4.80. The van der Waals surface area contributed by atoms with Crippen LogP contribution in [0.5, 0.6) is 0 Å². The van der Waals surface area contributed by atoms with Gasteiger partial charge in [-0.1, -0.05) is 156 Å². The molecule has 2 heterocycles. The lowest BCUT2D eigenvalue weighted by Gasteiger charge is -2.42. The minimum absolute atomic E-state index is 0.0144. The summed E-state index contributed by atoms with van der Waals surface area (Å²) in [4.78, 5) is 5.13. The van der Waals surface area contributed by atoms with E-state index in [-0.39, 0.29) is 28.2 Å². The van der Waals surface area contributed by atoms with Gasteiger partial charge in [0.05, 0.1) is 6.04 Å². The van der Waals surface area contributed by atoms with Crippen molar-refractivity contribution in [1.82, 2.24) is 4.90 Å². The van der Waals surface area contributed by atoms with Crippen LogP contribution in [0.1, 0.15) is 144 Å². The zero-order valence-corrected chi connectivity index (χ0v) is 44.2. The van der Waals surface area contributed by atoms with Crippen molar-refractivity contribution in [2.75, 3.05) is 11.4 Å². The van der Waals surface area contributed by atoms with Crippen molar-refractivity contribution in [2.45, 2.75) is 144 Å². The lowest BCUT2D eigenvalue weighted by molar-refractivity contribution is 0.332. The van der Waals surface area contributed by atoms with Gasteiger partial charge in [0.1, 0.15) is 0 Å². The van der Waals surface area contributed by atoms with Crippen molar-refractivity contribution in [3.8, 4) is 0 Å². The normalized spacial score (nSPS) is 21.9. The van der Waals surface area contributed by atoms with E-state index in [4.69, 9.17) is 6.58 Å². The molecule has 1 aliphatic heterocycles. The molecular weight excluding hydrogens is 828 g/mol. The van der Waals surface area contributed by atoms with Crippen LogP contribution in [0.15, 0.2) is 152 Å². The monoisotopic (exact) mass is 908 g/mol. The highest BCUT2D eigenvalue weighted by molar-refractivity contribution is 7.28. The first-order chi connectivity index (χ1) is 31.8. The molecule has 0 saturated carbocycles. The fourth-order valence-corrected chi connectivity index (χ4v) is 12.4. The number of benzene rings is 3. The summed E-state index contributed by atoms with van der Waals surface area (Å²) in [6, 6.07) is 18.6. The van der Waals surface area contributed by atoms with Gasteiger partial charge in [0.2, 0.25) is 0 Å². The number of anilines is 1. The van der Waals surface area contributed by atoms with Crippen LogP contribution >= 0.6 is 11.3 Å². The van der Waals surface area contributed by atoms with E-state index >= 15 is 0 Å². The Bertz CT molecular complexity index is 2700. The molecule has 3 aliphatic rings. The van der Waals surface area contributed by atoms with E-state index < -0.39 is 0 Å². The molecule has 7 rings (SSSR count). The molecule has 2 aliphatic carbocycles. The maximum Gasteiger partial charge on any atom is 0.200 e. The van der Waals surface area contributed by atoms with Crippen LogP contribution in [0, 0.1) is 23.7 Å². The molecule has 1 radical (unpaired) electrons. The summed E-state index contributed by atoms with van der Waals surface area (Å²) >= 11 is 1.95. The Balaban J connectivity index is 1.47. The van der Waals surface area contributed by atoms with Crippen LogP contribution in [0.2, 0.25) is 0 Å². The van der Waals surface area contributed by atoms with Gasteiger partial charge < -0.3 is 9.80 Å². The second-order valence-electron chi connectivity index (χ2n) is 22.5. The van der Waals surface area contributed by atoms with Crippen LogP contribution in [-0.4, -0.2) is 24.8 Å². The summed E-state index contributed by atoms with van der Waals surface area (Å²) in [5, 5.41) is 3.85. The van der Waals surface area contributed by atoms with E-state index in [1.165, 1.54) is 96.1 Å². The average Bonchev–Trinajstić information content (AvgIpc) is 3.73. The molecular formula is C63H80BN2S. The van der Waals surface area contributed by atoms with E-state index in [2.05, 4.69) is 223 Å². The fourth-order valence-electron chi connectivity index (χ4n) is 11.3. The van der Waals surface area contributed by atoms with Gasteiger partial charge in [-0.25, -0.2) is 0 Å². The van der Waals surface area contributed by atoms with Crippen molar-refractivity contribution in [1.29, 1.82) is 0 Å². The number of rotatable bonds is 15. The first-order valence-electron chi connectivity index (χ1n) is 25.3. The molecule has 0 amide bonds. The van der Waals surface area contributed by atoms with Crippen LogP contribution in [0.3, 0.4) is 0 Å². The molecule has 4 aromatic rings. The molecule has 0 bridgehead atoms. The predicted molar refractivity (Wildman–Crippen MR) is 300 cm³/mol. The molecule has 67 heavy (non-hydrogen) atoms. The van der Waals surface area contributed by atoms with Gasteiger partial charge in [0, 0.05) is 45.3 Å². The lowest BCUT2D eigenvalue weighted by atomic mass is 9.63. The maximum absolute atomic E-state index is 4.87. The summed E-state index contributed by atoms with van der Waals surface area (Å²) < 4.78 is 2.65. The first-order valence-corrected chi connectivity index (χ1v) is 26.1. The van der Waals surface area contributed by atoms with E-state index in [0.29, 0.717) is 17.8 Å². The van der Waals surface area contributed by atoms with Gasteiger partial charge in [-0.3, -0.25) is 0 Å². The number of hydrogen-bond acceptors (Lipinski definition) is 3. The SMILES string of the molecule is C=CCC1/C=C/N(/C(C=C)=C2/C(=C)c3cc4ccccc4cc3C2(C)C)/C(CC(C=C)C(C)C)=C\[B]c2sc3cc4c(cc3c2N1C/C=C\C(=C/C)C(C)CCC(C)C)C(C)(C)CCC4(C)C. The molecule has 3 atom stereocenters. The van der Waals surface area contributed by atoms with Gasteiger partial charge in [0.15, 0.2) is 7.28 Å². The Morgan fingerprint density at radius 1 is 0.881 bits per heavy atom. The van der Waals surface area contributed by atoms with Crippen molar-refractivity contribution in [3.05, 3.63) is 174 Å². The van der Waals surface area contributed by atoms with Gasteiger partial charge in [-0.2, -0.15) is 0 Å². The van der Waals surface area contributed by atoms with Crippen LogP contribution in [0.4, 0.5) is 5.69 Å². The smallest absolute Gasteiger partial charge is 0.200 e. The molecule has 0 N–H and O–H groups in total. The van der Waals surface area contributed by atoms with Gasteiger partial charge in [-0.15, -0.1) is 24.5 Å². The topological polar surface area (TPSA) is 6.48 Å². The second-order valence-corrected chi connectivity index (χ2v) is 23.6. The summed E-state index contributed by atoms with van der Waals surface area (Å²) in [6.07, 6.45) is 24.7. The lowest BCUT2D eigenvalue weighted by Crippen LogP contribution is -2.38. The van der Waals surface area contributed by atoms with Crippen molar-refractivity contribution in [3.63, 3.8) is 0 Å². The Morgan fingerprint density at radius 3 is 2.16 bits per heavy atom. The highest BCUT2D eigenvalue weighted by Gasteiger charge is 2.41. The number of fused-ring (bicyclic) bond motifs is 6. The van der Waals surface area contributed by atoms with Crippen molar-refractivity contribution in [2.24, 2.45) is 23.7 Å². The average molecular weight is 908 g/mol. The number of hydrogen-bond donors (Lipinski definition) is 0. The Kier molecular flexibility index (Phi) is 15.0. The fraction of sp³-hybridized carbons (Fsp3) is 0.429. The molecule has 351 valence electrons. The quantitative estimate of drug-likeness (QED) is 0.0666. The summed E-state index contributed by atoms with van der Waals surface area (Å²) in [6.45, 7) is 47.4. The summed E-state index contributed by atoms with van der Waals surface area (Å²) in [7, 11) is 2.44. The highest BCUT2D eigenvalue weighted by Crippen LogP contribution is 2.53. The molecule has 1 aromatic heterocycles. The van der Waals surface area contributed by atoms with Crippen LogP contribution < -0.4 is 9.68 Å². The number of allylic oxidation sites excluding steroid dienone is 8. The second kappa shape index (κ2) is 20.0. The maximum atomic E-state index is 4.87. The Labute approximate surface area is 411 Å². The molecule has 3 unspecified atom stereocenters. The van der Waals surface area contributed by atoms with E-state index in [1.54, 1.807) is 0 Å². The molecule has 0 fully saturated rings. The summed E-state index contributed by atoms with van der Waals surface area (Å²) in [5.41, 5.74) is 12.7. The molecule has 0 spiro atoms. The third kappa shape index (κ3) is 9.90. The molecule has 2 nitrogen and oxygen atoms in total. The molecule has 3 aromatic carbocycles. The van der Waals surface area contributed by atoms with Gasteiger partial charge >= 0.3 is 0 Å². The van der Waals surface area contributed by atoms with Gasteiger partial charge in [-0.05, 0) is 164 Å². The predicted octanol–water partition coefficient (Wildman–Crippen LogP) is 17.0. The molecule has 0 saturated heterocycles. The van der Waals surface area contributed by atoms with Crippen molar-refractivity contribution >= 4 is 55.5 Å². The summed E-state index contributed by atoms with van der Waals surface area (Å²) in [5.74, 6) is 4.29. The van der Waals surface area contributed by atoms with Crippen LogP contribution in [0.25, 0.3) is 26.4 Å². The first kappa shape index (κ1) is 50.1. The van der Waals surface area contributed by atoms with Crippen molar-refractivity contribution < 1.29 is 0 Å². The minimum atomic E-state index is -0.318. The van der Waals surface area contributed by atoms with E-state index in [1.807, 2.05) is 11.3 Å². The minimum Gasteiger partial charge on any atom is -0.360 e. The standard InChI is InChI=1S/C63H80BN2S/c1-17-24-49-30-34-65(56(20-4)58-44(10)51-36-47-25-21-22-26-48(47)37-53(51)63(58,15)16)50(35-46(19-3)42(7)8)40-64-60-59(66(49)33-23-27-45(18-2)43(9)29-28-41(5)6)52-38-54-55(39-57(52)67-60)62(13,14)32-31-61(54,11)12/h17-23,25-27,30,34,36-43,46,49H,1,3-4,10,24,28-29,31-33,35H2,2,5-9,11-16H3/b27-23-,34-30+,45-18+,50-40-,58-56-. The number of nitrogens with zero attached hydrogens (tertiary/aromatic N) is 2. The number of thiophene rings is 1. The van der Waals surface area contributed by atoms with E-state index in [9.17, 15) is 0 Å². The Morgan fingerprint density at radius 2 is 1.55 bits per heavy atom. The third-order valence-electron chi connectivity index (χ3n) is 15.8. The van der Waals surface area contributed by atoms with E-state index in [0.717, 1.165) is 30.7 Å². The zero-order chi connectivity index (χ0) is 48.6. The van der Waals surface area contributed by atoms with Crippen LogP contribution in [-0.2, 0) is 16.2 Å². The third-order valence-corrected chi connectivity index (χ3v) is 16.9. The highest BCUT2D eigenvalue weighted by atomic mass is 32.1. The molecule has 4 heteroatoms. The zero-order valence-electron chi connectivity index (χ0n) is 43.4. The largest absolute Gasteiger partial charge is 0.360 e. The van der Waals surface area contributed by atoms with Gasteiger partial charge in [0.25, 0.3) is 0 Å².